The van der Waals surface area contributed by atoms with E-state index < -0.39 is 13.5 Å². The Kier molecular flexibility index (Phi) is 12.0. The molecule has 0 heterocycles. The van der Waals surface area contributed by atoms with Crippen molar-refractivity contribution in [2.45, 2.75) is 39.0 Å². The lowest BCUT2D eigenvalue weighted by Crippen LogP contribution is -2.37. The lowest BCUT2D eigenvalue weighted by molar-refractivity contribution is 0.104. The fourth-order valence-electron chi connectivity index (χ4n) is 4.32. The summed E-state index contributed by atoms with van der Waals surface area (Å²) in [6.07, 6.45) is 0.108. The molecule has 4 aromatic carbocycles. The fraction of sp³-hybridized carbons (Fsp3) is 0.294. The molecule has 0 fully saturated rings. The molecule has 0 spiro atoms. The molecule has 0 aliphatic rings. The van der Waals surface area contributed by atoms with Crippen LogP contribution in [0.3, 0.4) is 0 Å². The molecule has 4 aromatic rings. The van der Waals surface area contributed by atoms with Crippen LogP contribution in [0.25, 0.3) is 0 Å². The number of nitrogens with one attached hydrogen (secondary N) is 1. The molecule has 0 saturated heterocycles. The van der Waals surface area contributed by atoms with Crippen LogP contribution in [0, 0.1) is 0 Å². The minimum Gasteiger partial charge on any atom is -0.491 e. The quantitative estimate of drug-likeness (QED) is 0.142. The third-order valence-electron chi connectivity index (χ3n) is 6.57. The molecule has 42 heavy (non-hydrogen) atoms. The van der Waals surface area contributed by atoms with Gasteiger partial charge < -0.3 is 29.2 Å². The Balaban J connectivity index is 1.15. The van der Waals surface area contributed by atoms with Crippen molar-refractivity contribution in [2.24, 2.45) is 0 Å². The number of aliphatic hydroxyl groups excluding tert-OH is 1. The average molecular weight is 590 g/mol. The molecule has 7 nitrogen and oxygen atoms in total. The summed E-state index contributed by atoms with van der Waals surface area (Å²) in [6, 6.07) is 34.5. The van der Waals surface area contributed by atoms with Gasteiger partial charge in [-0.15, -0.1) is 0 Å². The zero-order chi connectivity index (χ0) is 29.6. The number of ether oxygens (including phenoxy) is 3. The average Bonchev–Trinajstić information content (AvgIpc) is 3.03. The number of aliphatic hydroxyl groups is 1. The summed E-state index contributed by atoms with van der Waals surface area (Å²) in [5.74, 6) is 2.08. The number of benzene rings is 4. The molecule has 2 N–H and O–H groups in total. The zero-order valence-corrected chi connectivity index (χ0v) is 25.1. The highest BCUT2D eigenvalue weighted by molar-refractivity contribution is 7.66. The molecule has 0 aliphatic carbocycles. The van der Waals surface area contributed by atoms with E-state index in [-0.39, 0.29) is 19.0 Å². The van der Waals surface area contributed by atoms with Crippen LogP contribution in [0.1, 0.15) is 25.0 Å². The molecule has 222 valence electrons. The Hall–Kier alpha value is -3.61. The van der Waals surface area contributed by atoms with E-state index in [1.807, 2.05) is 104 Å². The van der Waals surface area contributed by atoms with Gasteiger partial charge in [-0.05, 0) is 79.9 Å². The smallest absolute Gasteiger partial charge is 0.268 e. The van der Waals surface area contributed by atoms with Crippen LogP contribution >= 0.6 is 7.37 Å². The summed E-state index contributed by atoms with van der Waals surface area (Å²) in [6.45, 7) is 5.35. The normalized spacial score (nSPS) is 14.0. The SMILES string of the molecule is CCOP(=O)(COc1ccc(C[C@@H](C)NC[C@H](O)COc2ccc(OCc3ccccc3)cc2)cc1)c1ccccc1. The summed E-state index contributed by atoms with van der Waals surface area (Å²) in [5.41, 5.74) is 2.23. The number of hydrogen-bond donors (Lipinski definition) is 2. The maximum absolute atomic E-state index is 13.3. The van der Waals surface area contributed by atoms with Crippen LogP contribution in [-0.4, -0.2) is 43.4 Å². The monoisotopic (exact) mass is 589 g/mol. The Labute approximate surface area is 248 Å². The van der Waals surface area contributed by atoms with Crippen LogP contribution in [0.2, 0.25) is 0 Å². The highest BCUT2D eigenvalue weighted by atomic mass is 31.2. The Morgan fingerprint density at radius 2 is 1.31 bits per heavy atom. The Morgan fingerprint density at radius 3 is 1.95 bits per heavy atom. The molecule has 0 bridgehead atoms. The van der Waals surface area contributed by atoms with Gasteiger partial charge in [0, 0.05) is 17.9 Å². The largest absolute Gasteiger partial charge is 0.491 e. The van der Waals surface area contributed by atoms with E-state index in [0.29, 0.717) is 36.6 Å². The lowest BCUT2D eigenvalue weighted by Gasteiger charge is -2.19. The third kappa shape index (κ3) is 10.0. The summed E-state index contributed by atoms with van der Waals surface area (Å²) < 4.78 is 36.4. The van der Waals surface area contributed by atoms with E-state index in [9.17, 15) is 9.67 Å². The maximum Gasteiger partial charge on any atom is 0.268 e. The predicted octanol–water partition coefficient (Wildman–Crippen LogP) is 6.20. The molecule has 0 saturated carbocycles. The van der Waals surface area contributed by atoms with Gasteiger partial charge in [-0.25, -0.2) is 0 Å². The second-order valence-electron chi connectivity index (χ2n) is 10.1. The first-order valence-corrected chi connectivity index (χ1v) is 16.1. The minimum atomic E-state index is -3.10. The zero-order valence-electron chi connectivity index (χ0n) is 24.2. The van der Waals surface area contributed by atoms with Gasteiger partial charge in [-0.2, -0.15) is 0 Å². The van der Waals surface area contributed by atoms with Crippen LogP contribution < -0.4 is 24.8 Å². The second kappa shape index (κ2) is 16.1. The molecule has 1 unspecified atom stereocenters. The summed E-state index contributed by atoms with van der Waals surface area (Å²) in [7, 11) is -3.10. The maximum atomic E-state index is 13.3. The third-order valence-corrected chi connectivity index (χ3v) is 8.80. The molecule has 3 atom stereocenters. The highest BCUT2D eigenvalue weighted by Crippen LogP contribution is 2.45. The van der Waals surface area contributed by atoms with E-state index in [0.717, 1.165) is 23.3 Å². The van der Waals surface area contributed by atoms with E-state index in [1.165, 1.54) is 0 Å². The van der Waals surface area contributed by atoms with Crippen molar-refractivity contribution in [1.29, 1.82) is 0 Å². The van der Waals surface area contributed by atoms with Crippen LogP contribution in [0.4, 0.5) is 0 Å². The molecular weight excluding hydrogens is 549 g/mol. The van der Waals surface area contributed by atoms with E-state index in [1.54, 1.807) is 12.1 Å². The molecule has 8 heteroatoms. The minimum absolute atomic E-state index is 0.0195. The fourth-order valence-corrected chi connectivity index (χ4v) is 6.05. The van der Waals surface area contributed by atoms with Gasteiger partial charge in [0.05, 0.1) is 6.61 Å². The molecule has 0 radical (unpaired) electrons. The van der Waals surface area contributed by atoms with Crippen LogP contribution in [-0.2, 0) is 22.1 Å². The Bertz CT molecular complexity index is 1370. The van der Waals surface area contributed by atoms with Crippen molar-refractivity contribution < 1.29 is 28.4 Å². The van der Waals surface area contributed by atoms with Crippen molar-refractivity contribution in [3.8, 4) is 17.2 Å². The van der Waals surface area contributed by atoms with E-state index >= 15 is 0 Å². The van der Waals surface area contributed by atoms with Crippen molar-refractivity contribution >= 4 is 12.7 Å². The molecule has 0 aliphatic heterocycles. The number of rotatable bonds is 17. The predicted molar refractivity (Wildman–Crippen MR) is 167 cm³/mol. The van der Waals surface area contributed by atoms with Gasteiger partial charge >= 0.3 is 0 Å². The first-order valence-electron chi connectivity index (χ1n) is 14.3. The van der Waals surface area contributed by atoms with Crippen LogP contribution in [0.5, 0.6) is 17.2 Å². The van der Waals surface area contributed by atoms with Gasteiger partial charge in [0.2, 0.25) is 0 Å². The number of hydrogen-bond acceptors (Lipinski definition) is 7. The van der Waals surface area contributed by atoms with Crippen molar-refractivity contribution in [3.05, 3.63) is 120 Å². The first kappa shape index (κ1) is 31.3. The van der Waals surface area contributed by atoms with Crippen LogP contribution in [0.15, 0.2) is 109 Å². The summed E-state index contributed by atoms with van der Waals surface area (Å²) in [5, 5.41) is 14.4. The first-order chi connectivity index (χ1) is 20.4. The standard InChI is InChI=1S/C34H40NO6P/c1-3-41-42(37,34-12-8-5-9-13-34)26-40-33-16-14-28(15-17-33)22-27(2)35-23-30(36)25-39-32-20-18-31(19-21-32)38-24-29-10-6-4-7-11-29/h4-21,27,30,35-36H,3,22-26H2,1-2H3/t27-,30+,42?/m1/s1. The van der Waals surface area contributed by atoms with Gasteiger partial charge in [0.25, 0.3) is 7.37 Å². The molecular formula is C34H40NO6P. The Morgan fingerprint density at radius 1 is 0.738 bits per heavy atom. The molecule has 4 rings (SSSR count). The van der Waals surface area contributed by atoms with Gasteiger partial charge in [-0.3, -0.25) is 4.57 Å². The summed E-state index contributed by atoms with van der Waals surface area (Å²) >= 11 is 0. The lowest BCUT2D eigenvalue weighted by atomic mass is 10.1. The molecule has 0 aromatic heterocycles. The van der Waals surface area contributed by atoms with Gasteiger partial charge in [0.15, 0.2) is 6.35 Å². The van der Waals surface area contributed by atoms with E-state index in [4.69, 9.17) is 18.7 Å². The van der Waals surface area contributed by atoms with Crippen molar-refractivity contribution in [3.63, 3.8) is 0 Å². The topological polar surface area (TPSA) is 86.3 Å². The van der Waals surface area contributed by atoms with Gasteiger partial charge in [-0.1, -0.05) is 60.7 Å². The van der Waals surface area contributed by atoms with Crippen molar-refractivity contribution in [1.82, 2.24) is 5.32 Å². The highest BCUT2D eigenvalue weighted by Gasteiger charge is 2.26. The van der Waals surface area contributed by atoms with Crippen molar-refractivity contribution in [2.75, 3.05) is 26.1 Å². The van der Waals surface area contributed by atoms with E-state index in [2.05, 4.69) is 12.2 Å². The second-order valence-corrected chi connectivity index (χ2v) is 12.4. The summed E-state index contributed by atoms with van der Waals surface area (Å²) in [4.78, 5) is 0. The van der Waals surface area contributed by atoms with Gasteiger partial charge in [0.1, 0.15) is 36.6 Å². The molecule has 0 amide bonds.